The first kappa shape index (κ1) is 32.9. The van der Waals surface area contributed by atoms with Gasteiger partial charge < -0.3 is 0 Å². The molecule has 2 aliphatic rings. The summed E-state index contributed by atoms with van der Waals surface area (Å²) in [4.78, 5) is 16.6. The lowest BCUT2D eigenvalue weighted by molar-refractivity contribution is -0.137. The van der Waals surface area contributed by atoms with Gasteiger partial charge in [-0.25, -0.2) is 4.39 Å². The molecule has 1 saturated carbocycles. The van der Waals surface area contributed by atoms with Crippen LogP contribution in [-0.2, 0) is 29.2 Å². The molecule has 0 spiro atoms. The molecule has 1 atom stereocenters. The van der Waals surface area contributed by atoms with Crippen molar-refractivity contribution in [1.82, 2.24) is 0 Å². The number of unbranched alkanes of at least 4 members (excludes halogenated alkanes) is 2. The minimum atomic E-state index is -4.34. The molecule has 0 aromatic heterocycles. The van der Waals surface area contributed by atoms with Crippen LogP contribution in [0.15, 0.2) is 76.7 Å². The smallest absolute Gasteiger partial charge is 0.299 e. The van der Waals surface area contributed by atoms with Gasteiger partial charge >= 0.3 is 6.18 Å². The van der Waals surface area contributed by atoms with Crippen molar-refractivity contribution in [1.29, 1.82) is 0 Å². The first-order valence-electron chi connectivity index (χ1n) is 16.0. The van der Waals surface area contributed by atoms with Crippen molar-refractivity contribution in [3.05, 3.63) is 94.0 Å². The normalized spacial score (nSPS) is 20.9. The number of carbonyl (C=O) groups is 1. The van der Waals surface area contributed by atoms with Gasteiger partial charge in [-0.15, -0.1) is 0 Å². The number of aryl methyl sites for hydroxylation is 1. The van der Waals surface area contributed by atoms with Gasteiger partial charge in [0.25, 0.3) is 0 Å². The number of Topliss-reactive ketones (excluding diaryl/α,β-unsaturated/α-hetero) is 1. The predicted octanol–water partition coefficient (Wildman–Crippen LogP) is 10.8. The van der Waals surface area contributed by atoms with E-state index >= 15 is 4.39 Å². The molecule has 6 heteroatoms. The summed E-state index contributed by atoms with van der Waals surface area (Å²) in [7, 11) is 0. The average Bonchev–Trinajstić information content (AvgIpc) is 3.78. The van der Waals surface area contributed by atoms with Crippen LogP contribution in [0.1, 0.15) is 113 Å². The lowest BCUT2D eigenvalue weighted by atomic mass is 9.86. The number of hydrogen-bond donors (Lipinski definition) is 0. The number of ketones is 1. The fourth-order valence-electron chi connectivity index (χ4n) is 6.00. The summed E-state index contributed by atoms with van der Waals surface area (Å²) in [6.07, 6.45) is 11.0. The lowest BCUT2D eigenvalue weighted by Crippen LogP contribution is -2.12. The SMILES string of the molecule is CCCCC(=O)Cc1ccc(CCCCC2=C/CC/C=N/C(C(C)CCC3(c4ccc(C(F)(F)F)cc4)CC3)=C\2F)cc1. The van der Waals surface area contributed by atoms with E-state index in [1.165, 1.54) is 17.7 Å². The molecule has 2 nitrogen and oxygen atoms in total. The van der Waals surface area contributed by atoms with Gasteiger partial charge in [-0.2, -0.15) is 13.2 Å². The lowest BCUT2D eigenvalue weighted by Gasteiger charge is -2.21. The minimum Gasteiger partial charge on any atom is -0.299 e. The molecule has 43 heavy (non-hydrogen) atoms. The number of aliphatic imine (C=N–C) groups is 1. The highest BCUT2D eigenvalue weighted by Gasteiger charge is 2.44. The zero-order chi connectivity index (χ0) is 30.9. The van der Waals surface area contributed by atoms with E-state index < -0.39 is 11.7 Å². The maximum atomic E-state index is 15.9. The monoisotopic (exact) mass is 595 g/mol. The Hall–Kier alpha value is -3.02. The fourth-order valence-corrected chi connectivity index (χ4v) is 6.00. The Labute approximate surface area is 254 Å². The molecule has 232 valence electrons. The second-order valence-corrected chi connectivity index (χ2v) is 12.5. The zero-order valence-electron chi connectivity index (χ0n) is 25.6. The van der Waals surface area contributed by atoms with Crippen molar-refractivity contribution in [2.75, 3.05) is 0 Å². The predicted molar refractivity (Wildman–Crippen MR) is 167 cm³/mol. The van der Waals surface area contributed by atoms with Crippen molar-refractivity contribution in [3.63, 3.8) is 0 Å². The molecule has 1 heterocycles. The van der Waals surface area contributed by atoms with Gasteiger partial charge in [0.05, 0.1) is 11.3 Å². The molecule has 2 aromatic rings. The molecule has 4 rings (SSSR count). The average molecular weight is 596 g/mol. The number of benzene rings is 2. The number of hydrogen-bond acceptors (Lipinski definition) is 2. The van der Waals surface area contributed by atoms with E-state index in [4.69, 9.17) is 0 Å². The number of carbonyl (C=O) groups excluding carboxylic acids is 1. The van der Waals surface area contributed by atoms with Gasteiger partial charge in [0.15, 0.2) is 0 Å². The Bertz CT molecular complexity index is 1300. The third-order valence-electron chi connectivity index (χ3n) is 9.02. The molecular formula is C37H45F4NO. The second kappa shape index (κ2) is 15.1. The number of alkyl halides is 3. The quantitative estimate of drug-likeness (QED) is 0.149. The van der Waals surface area contributed by atoms with E-state index in [1.807, 2.05) is 31.3 Å². The van der Waals surface area contributed by atoms with E-state index in [1.54, 1.807) is 12.1 Å². The molecule has 2 aromatic carbocycles. The van der Waals surface area contributed by atoms with Crippen molar-refractivity contribution in [2.45, 2.75) is 115 Å². The van der Waals surface area contributed by atoms with Crippen molar-refractivity contribution in [3.8, 4) is 0 Å². The third-order valence-corrected chi connectivity index (χ3v) is 9.02. The van der Waals surface area contributed by atoms with Crippen LogP contribution < -0.4 is 0 Å². The number of rotatable bonds is 15. The molecule has 1 aliphatic heterocycles. The molecule has 1 fully saturated rings. The second-order valence-electron chi connectivity index (χ2n) is 12.5. The first-order chi connectivity index (χ1) is 20.6. The molecular weight excluding hydrogens is 550 g/mol. The van der Waals surface area contributed by atoms with Crippen LogP contribution in [0, 0.1) is 5.92 Å². The summed E-state index contributed by atoms with van der Waals surface area (Å²) in [6.45, 7) is 4.10. The first-order valence-corrected chi connectivity index (χ1v) is 16.0. The summed E-state index contributed by atoms with van der Waals surface area (Å²) in [6, 6.07) is 13.9. The molecule has 0 bridgehead atoms. The molecule has 0 saturated heterocycles. The van der Waals surface area contributed by atoms with Gasteiger partial charge in [-0.1, -0.05) is 62.7 Å². The van der Waals surface area contributed by atoms with Crippen LogP contribution >= 0.6 is 0 Å². The highest BCUT2D eigenvalue weighted by atomic mass is 19.4. The van der Waals surface area contributed by atoms with Crippen LogP contribution in [0.3, 0.4) is 0 Å². The molecule has 1 aliphatic carbocycles. The van der Waals surface area contributed by atoms with E-state index in [9.17, 15) is 18.0 Å². The summed E-state index contributed by atoms with van der Waals surface area (Å²) in [5.74, 6) is -0.00154. The standard InChI is InChI=1S/C37H45F4NO/c1-3-4-12-33(43)26-29-15-13-28(14-16-29)9-5-6-10-30-11-7-8-25-42-35(34(30)38)27(2)21-22-36(23-24-36)31-17-19-32(20-18-31)37(39,40)41/h11,13-20,25,27H,3-10,12,21-24,26H2,1-2H3/b30-11-,35-34+,42-25+. The Morgan fingerprint density at radius 2 is 1.60 bits per heavy atom. The van der Waals surface area contributed by atoms with Crippen LogP contribution in [0.25, 0.3) is 0 Å². The van der Waals surface area contributed by atoms with Gasteiger partial charge in [-0.3, -0.25) is 9.79 Å². The van der Waals surface area contributed by atoms with Crippen LogP contribution in [-0.4, -0.2) is 12.0 Å². The van der Waals surface area contributed by atoms with Crippen molar-refractivity contribution < 1.29 is 22.4 Å². The molecule has 0 radical (unpaired) electrons. The summed E-state index contributed by atoms with van der Waals surface area (Å²) >= 11 is 0. The fraction of sp³-hybridized carbons (Fsp3) is 0.514. The third kappa shape index (κ3) is 9.48. The maximum Gasteiger partial charge on any atom is 0.416 e. The van der Waals surface area contributed by atoms with Crippen molar-refractivity contribution in [2.24, 2.45) is 10.9 Å². The summed E-state index contributed by atoms with van der Waals surface area (Å²) < 4.78 is 54.9. The van der Waals surface area contributed by atoms with E-state index in [2.05, 4.69) is 24.0 Å². The van der Waals surface area contributed by atoms with Crippen LogP contribution in [0.4, 0.5) is 17.6 Å². The number of halogens is 4. The minimum absolute atomic E-state index is 0.0861. The zero-order valence-corrected chi connectivity index (χ0v) is 25.6. The summed E-state index contributed by atoms with van der Waals surface area (Å²) in [5.41, 5.74) is 3.74. The number of allylic oxidation sites excluding steroid dienone is 4. The molecule has 0 N–H and O–H groups in total. The largest absolute Gasteiger partial charge is 0.416 e. The van der Waals surface area contributed by atoms with Gasteiger partial charge in [0.2, 0.25) is 0 Å². The molecule has 0 amide bonds. The highest BCUT2D eigenvalue weighted by molar-refractivity contribution is 5.80. The van der Waals surface area contributed by atoms with E-state index in [0.29, 0.717) is 30.7 Å². The highest BCUT2D eigenvalue weighted by Crippen LogP contribution is 2.53. The summed E-state index contributed by atoms with van der Waals surface area (Å²) in [5, 5.41) is 0. The van der Waals surface area contributed by atoms with Gasteiger partial charge in [0, 0.05) is 25.0 Å². The Morgan fingerprint density at radius 1 is 0.930 bits per heavy atom. The van der Waals surface area contributed by atoms with Gasteiger partial charge in [-0.05, 0) is 110 Å². The molecule has 1 unspecified atom stereocenters. The Kier molecular flexibility index (Phi) is 11.6. The Balaban J connectivity index is 1.29. The topological polar surface area (TPSA) is 29.4 Å². The van der Waals surface area contributed by atoms with Crippen LogP contribution in [0.2, 0.25) is 0 Å². The van der Waals surface area contributed by atoms with E-state index in [-0.39, 0.29) is 17.2 Å². The van der Waals surface area contributed by atoms with Crippen molar-refractivity contribution >= 4 is 12.0 Å². The number of nitrogens with zero attached hydrogens (tertiary/aromatic N) is 1. The van der Waals surface area contributed by atoms with Gasteiger partial charge in [0.1, 0.15) is 11.6 Å². The van der Waals surface area contributed by atoms with E-state index in [0.717, 1.165) is 87.3 Å². The maximum absolute atomic E-state index is 15.9. The van der Waals surface area contributed by atoms with Crippen LogP contribution in [0.5, 0.6) is 0 Å². The Morgan fingerprint density at radius 3 is 2.26 bits per heavy atom.